The van der Waals surface area contributed by atoms with Crippen LogP contribution in [0.25, 0.3) is 11.5 Å². The molecule has 0 amide bonds. The van der Waals surface area contributed by atoms with E-state index in [0.29, 0.717) is 28.1 Å². The van der Waals surface area contributed by atoms with E-state index in [4.69, 9.17) is 27.7 Å². The zero-order valence-electron chi connectivity index (χ0n) is 9.21. The fourth-order valence-corrected chi connectivity index (χ4v) is 1.92. The number of thioether (sulfide) groups is 1. The molecule has 1 aromatic carbocycles. The maximum absolute atomic E-state index is 6.03. The molecule has 0 fully saturated rings. The minimum Gasteiger partial charge on any atom is -0.377 e. The lowest BCUT2D eigenvalue weighted by atomic mass is 10.2. The second kappa shape index (κ2) is 5.74. The van der Waals surface area contributed by atoms with Crippen LogP contribution in [0.2, 0.25) is 5.02 Å². The van der Waals surface area contributed by atoms with Gasteiger partial charge in [0.1, 0.15) is 0 Å². The molecule has 2 rings (SSSR count). The normalized spacial score (nSPS) is 11.7. The van der Waals surface area contributed by atoms with Crippen molar-refractivity contribution in [1.82, 2.24) is 10.1 Å². The Morgan fingerprint density at radius 3 is 2.94 bits per heavy atom. The third-order valence-electron chi connectivity index (χ3n) is 2.05. The Balaban J connectivity index is 2.14. The van der Waals surface area contributed by atoms with E-state index in [0.717, 1.165) is 0 Å². The number of halogens is 1. The van der Waals surface area contributed by atoms with Crippen molar-refractivity contribution in [3.63, 3.8) is 0 Å². The molecule has 8 heteroatoms. The van der Waals surface area contributed by atoms with Gasteiger partial charge in [-0.1, -0.05) is 40.7 Å². The monoisotopic (exact) mass is 283 g/mol. The van der Waals surface area contributed by atoms with Crippen molar-refractivity contribution in [2.75, 3.05) is 0 Å². The third-order valence-corrected chi connectivity index (χ3v) is 3.18. The molecular weight excluding hydrogens is 274 g/mol. The number of hydrogen-bond acceptors (Lipinski definition) is 6. The van der Waals surface area contributed by atoms with Gasteiger partial charge >= 0.3 is 0 Å². The van der Waals surface area contributed by atoms with Crippen LogP contribution in [0.1, 0.15) is 5.82 Å². The van der Waals surface area contributed by atoms with Crippen molar-refractivity contribution < 1.29 is 4.52 Å². The Labute approximate surface area is 112 Å². The molecule has 4 N–H and O–H groups in total. The summed E-state index contributed by atoms with van der Waals surface area (Å²) >= 11 is 7.26. The number of hydrogen-bond donors (Lipinski definition) is 2. The van der Waals surface area contributed by atoms with Gasteiger partial charge in [0.15, 0.2) is 11.0 Å². The van der Waals surface area contributed by atoms with E-state index >= 15 is 0 Å². The van der Waals surface area contributed by atoms with Gasteiger partial charge in [-0.3, -0.25) is 0 Å². The largest absolute Gasteiger partial charge is 0.377 e. The van der Waals surface area contributed by atoms with Crippen LogP contribution in [0.4, 0.5) is 0 Å². The van der Waals surface area contributed by atoms with E-state index in [1.165, 1.54) is 11.8 Å². The Morgan fingerprint density at radius 1 is 1.44 bits per heavy atom. The van der Waals surface area contributed by atoms with Crippen molar-refractivity contribution in [3.8, 4) is 11.5 Å². The van der Waals surface area contributed by atoms with E-state index in [1.54, 1.807) is 6.07 Å². The predicted molar refractivity (Wildman–Crippen MR) is 71.8 cm³/mol. The molecule has 0 spiro atoms. The molecule has 0 unspecified atom stereocenters. The predicted octanol–water partition coefficient (Wildman–Crippen LogP) is 1.81. The van der Waals surface area contributed by atoms with Crippen LogP contribution >= 0.6 is 23.4 Å². The third kappa shape index (κ3) is 2.93. The van der Waals surface area contributed by atoms with Crippen LogP contribution in [0.3, 0.4) is 0 Å². The molecule has 0 atom stereocenters. The van der Waals surface area contributed by atoms with E-state index in [9.17, 15) is 0 Å². The standard InChI is InChI=1S/C10H10ClN5OS/c11-7-4-2-1-3-6(7)9-14-8(16-17-9)5-18-10(12)15-13/h1-4H,5,13H2,(H2,12,15). The van der Waals surface area contributed by atoms with Gasteiger partial charge in [0.25, 0.3) is 5.89 Å². The van der Waals surface area contributed by atoms with Gasteiger partial charge in [-0.05, 0) is 12.1 Å². The number of benzene rings is 1. The second-order valence-electron chi connectivity index (χ2n) is 3.25. The smallest absolute Gasteiger partial charge is 0.259 e. The lowest BCUT2D eigenvalue weighted by Crippen LogP contribution is -2.09. The van der Waals surface area contributed by atoms with Gasteiger partial charge in [-0.2, -0.15) is 10.1 Å². The summed E-state index contributed by atoms with van der Waals surface area (Å²) in [7, 11) is 0. The Morgan fingerprint density at radius 2 is 2.22 bits per heavy atom. The maximum Gasteiger partial charge on any atom is 0.259 e. The average molecular weight is 284 g/mol. The van der Waals surface area contributed by atoms with Crippen molar-refractivity contribution in [1.29, 1.82) is 0 Å². The summed E-state index contributed by atoms with van der Waals surface area (Å²) in [5.41, 5.74) is 6.14. The van der Waals surface area contributed by atoms with Crippen molar-refractivity contribution >= 4 is 28.5 Å². The molecule has 0 radical (unpaired) electrons. The highest BCUT2D eigenvalue weighted by Crippen LogP contribution is 2.26. The molecule has 18 heavy (non-hydrogen) atoms. The van der Waals surface area contributed by atoms with E-state index < -0.39 is 0 Å². The first-order valence-corrected chi connectivity index (χ1v) is 6.30. The summed E-state index contributed by atoms with van der Waals surface area (Å²) in [6.45, 7) is 0. The highest BCUT2D eigenvalue weighted by Gasteiger charge is 2.11. The highest BCUT2D eigenvalue weighted by atomic mass is 35.5. The van der Waals surface area contributed by atoms with Gasteiger partial charge in [0.2, 0.25) is 0 Å². The van der Waals surface area contributed by atoms with Crippen LogP contribution in [-0.4, -0.2) is 15.3 Å². The van der Waals surface area contributed by atoms with Crippen molar-refractivity contribution in [3.05, 3.63) is 35.1 Å². The van der Waals surface area contributed by atoms with Gasteiger partial charge in [0, 0.05) is 0 Å². The Bertz CT molecular complexity index is 571. The van der Waals surface area contributed by atoms with Crippen molar-refractivity contribution in [2.24, 2.45) is 16.7 Å². The summed E-state index contributed by atoms with van der Waals surface area (Å²) in [4.78, 5) is 4.21. The quantitative estimate of drug-likeness (QED) is 0.385. The number of hydrazone groups is 1. The Kier molecular flexibility index (Phi) is 4.06. The van der Waals surface area contributed by atoms with Crippen LogP contribution in [0.5, 0.6) is 0 Å². The molecule has 0 aliphatic carbocycles. The van der Waals surface area contributed by atoms with Crippen LogP contribution in [0.15, 0.2) is 33.9 Å². The van der Waals surface area contributed by atoms with Gasteiger partial charge in [-0.15, -0.1) is 0 Å². The highest BCUT2D eigenvalue weighted by molar-refractivity contribution is 8.13. The van der Waals surface area contributed by atoms with Crippen LogP contribution in [-0.2, 0) is 5.75 Å². The first-order valence-electron chi connectivity index (χ1n) is 4.94. The molecule has 94 valence electrons. The van der Waals surface area contributed by atoms with E-state index in [1.807, 2.05) is 18.2 Å². The molecule has 2 aromatic rings. The fraction of sp³-hybridized carbons (Fsp3) is 0.100. The lowest BCUT2D eigenvalue weighted by molar-refractivity contribution is 0.425. The first kappa shape index (κ1) is 12.7. The van der Waals surface area contributed by atoms with Crippen molar-refractivity contribution in [2.45, 2.75) is 5.75 Å². The number of nitrogens with two attached hydrogens (primary N) is 2. The van der Waals surface area contributed by atoms with Crippen LogP contribution < -0.4 is 11.6 Å². The summed E-state index contributed by atoms with van der Waals surface area (Å²) in [6.07, 6.45) is 0. The molecule has 0 bridgehead atoms. The second-order valence-corrected chi connectivity index (χ2v) is 4.65. The molecule has 6 nitrogen and oxygen atoms in total. The van der Waals surface area contributed by atoms with Gasteiger partial charge < -0.3 is 16.1 Å². The average Bonchev–Trinajstić information content (AvgIpc) is 2.85. The van der Waals surface area contributed by atoms with E-state index in [2.05, 4.69) is 15.2 Å². The number of rotatable bonds is 3. The SMILES string of the molecule is NN=C(N)SCc1noc(-c2ccccc2Cl)n1. The summed E-state index contributed by atoms with van der Waals surface area (Å²) < 4.78 is 5.13. The number of amidine groups is 1. The topological polar surface area (TPSA) is 103 Å². The zero-order valence-corrected chi connectivity index (χ0v) is 10.8. The van der Waals surface area contributed by atoms with Gasteiger partial charge in [-0.25, -0.2) is 0 Å². The molecule has 0 aliphatic heterocycles. The first-order chi connectivity index (χ1) is 8.70. The minimum absolute atomic E-state index is 0.263. The molecule has 0 saturated heterocycles. The summed E-state index contributed by atoms with van der Waals surface area (Å²) in [5, 5.41) is 7.98. The maximum atomic E-state index is 6.03. The lowest BCUT2D eigenvalue weighted by Gasteiger charge is -1.96. The molecule has 0 saturated carbocycles. The van der Waals surface area contributed by atoms with Gasteiger partial charge in [0.05, 0.1) is 16.3 Å². The number of nitrogens with zero attached hydrogens (tertiary/aromatic N) is 3. The zero-order chi connectivity index (χ0) is 13.0. The molecule has 1 heterocycles. The van der Waals surface area contributed by atoms with Crippen LogP contribution in [0, 0.1) is 0 Å². The summed E-state index contributed by atoms with van der Waals surface area (Å²) in [6, 6.07) is 7.24. The number of aromatic nitrogens is 2. The molecule has 1 aromatic heterocycles. The molecule has 0 aliphatic rings. The fourth-order valence-electron chi connectivity index (χ4n) is 1.23. The van der Waals surface area contributed by atoms with E-state index in [-0.39, 0.29) is 5.17 Å². The Hall–Kier alpha value is -1.73. The molecular formula is C10H10ClN5OS. The minimum atomic E-state index is 0.263. The summed E-state index contributed by atoms with van der Waals surface area (Å²) in [5.74, 6) is 6.32.